The number of para-hydroxylation sites is 2. The molecular weight excluding hydrogens is 324 g/mol. The summed E-state index contributed by atoms with van der Waals surface area (Å²) in [4.78, 5) is 13.1. The number of fused-ring (bicyclic) bond motifs is 1. The normalized spacial score (nSPS) is 21.2. The number of carbonyl (C=O) groups excluding carboxylic acids is 1. The Labute approximate surface area is 153 Å². The molecule has 3 N–H and O–H groups in total. The van der Waals surface area contributed by atoms with Crippen LogP contribution in [-0.2, 0) is 4.79 Å². The second-order valence-electron chi connectivity index (χ2n) is 8.14. The van der Waals surface area contributed by atoms with Crippen molar-refractivity contribution < 1.29 is 9.90 Å². The second-order valence-corrected chi connectivity index (χ2v) is 8.14. The zero-order valence-corrected chi connectivity index (χ0v) is 15.4. The third-order valence-corrected chi connectivity index (χ3v) is 5.22. The Bertz CT molecular complexity index is 927. The molecular formula is C22H24N2O2. The van der Waals surface area contributed by atoms with Crippen LogP contribution in [0, 0.1) is 12.3 Å². The number of anilines is 2. The number of Topliss-reactive ketones (excluding diaryl/α,β-unsaturated/α-hetero) is 1. The molecule has 0 aromatic heterocycles. The summed E-state index contributed by atoms with van der Waals surface area (Å²) >= 11 is 0. The molecule has 2 aromatic rings. The molecule has 0 radical (unpaired) electrons. The number of hydrogen-bond acceptors (Lipinski definition) is 4. The lowest BCUT2D eigenvalue weighted by atomic mass is 9.73. The predicted molar refractivity (Wildman–Crippen MR) is 104 cm³/mol. The number of phenolic OH excluding ortho intramolecular Hbond substituents is 1. The molecule has 0 fully saturated rings. The summed E-state index contributed by atoms with van der Waals surface area (Å²) in [5.74, 6) is 0.348. The molecule has 0 unspecified atom stereocenters. The van der Waals surface area contributed by atoms with Crippen LogP contribution in [0.1, 0.15) is 43.9 Å². The van der Waals surface area contributed by atoms with Crippen molar-refractivity contribution in [3.8, 4) is 5.75 Å². The molecule has 0 saturated heterocycles. The van der Waals surface area contributed by atoms with E-state index < -0.39 is 0 Å². The van der Waals surface area contributed by atoms with Gasteiger partial charge in [0.05, 0.1) is 17.4 Å². The summed E-state index contributed by atoms with van der Waals surface area (Å²) in [6.45, 7) is 6.19. The summed E-state index contributed by atoms with van der Waals surface area (Å²) in [6, 6.07) is 13.2. The average molecular weight is 348 g/mol. The standard InChI is InChI=1S/C22H24N2O2/c1-13-8-9-14(18(25)10-13)21-20-17(11-22(2,3)12-19(20)26)23-15-6-4-5-7-16(15)24-21/h4-10,21,23-25H,11-12H2,1-3H3/t21-/m1/s1. The number of aromatic hydroxyl groups is 1. The number of benzene rings is 2. The monoisotopic (exact) mass is 348 g/mol. The van der Waals surface area contributed by atoms with Crippen molar-refractivity contribution >= 4 is 17.2 Å². The van der Waals surface area contributed by atoms with Crippen LogP contribution in [0.2, 0.25) is 0 Å². The first-order valence-electron chi connectivity index (χ1n) is 9.02. The Morgan fingerprint density at radius 1 is 1.08 bits per heavy atom. The van der Waals surface area contributed by atoms with E-state index >= 15 is 0 Å². The fraction of sp³-hybridized carbons (Fsp3) is 0.318. The highest BCUT2D eigenvalue weighted by Gasteiger charge is 2.39. The van der Waals surface area contributed by atoms with Gasteiger partial charge in [-0.15, -0.1) is 0 Å². The van der Waals surface area contributed by atoms with Gasteiger partial charge in [-0.2, -0.15) is 0 Å². The number of rotatable bonds is 1. The Hall–Kier alpha value is -2.75. The summed E-state index contributed by atoms with van der Waals surface area (Å²) in [5, 5.41) is 17.6. The minimum Gasteiger partial charge on any atom is -0.508 e. The number of hydrogen-bond donors (Lipinski definition) is 3. The van der Waals surface area contributed by atoms with Crippen LogP contribution in [0.4, 0.5) is 11.4 Å². The maximum absolute atomic E-state index is 13.1. The Morgan fingerprint density at radius 2 is 1.81 bits per heavy atom. The van der Waals surface area contributed by atoms with E-state index in [-0.39, 0.29) is 23.0 Å². The fourth-order valence-corrected chi connectivity index (χ4v) is 4.02. The highest BCUT2D eigenvalue weighted by atomic mass is 16.3. The quantitative estimate of drug-likeness (QED) is 0.684. The third-order valence-electron chi connectivity index (χ3n) is 5.22. The smallest absolute Gasteiger partial charge is 0.163 e. The van der Waals surface area contributed by atoms with Gasteiger partial charge in [-0.05, 0) is 42.5 Å². The van der Waals surface area contributed by atoms with Crippen LogP contribution in [0.25, 0.3) is 0 Å². The van der Waals surface area contributed by atoms with Crippen molar-refractivity contribution in [3.63, 3.8) is 0 Å². The van der Waals surface area contributed by atoms with Crippen molar-refractivity contribution in [1.29, 1.82) is 0 Å². The minimum atomic E-state index is -0.370. The largest absolute Gasteiger partial charge is 0.508 e. The number of carbonyl (C=O) groups is 1. The van der Waals surface area contributed by atoms with E-state index in [2.05, 4.69) is 24.5 Å². The molecule has 1 aliphatic carbocycles. The van der Waals surface area contributed by atoms with E-state index in [0.717, 1.165) is 40.2 Å². The molecule has 134 valence electrons. The molecule has 26 heavy (non-hydrogen) atoms. The first-order valence-corrected chi connectivity index (χ1v) is 9.02. The van der Waals surface area contributed by atoms with Gasteiger partial charge in [0.2, 0.25) is 0 Å². The second kappa shape index (κ2) is 5.90. The van der Waals surface area contributed by atoms with E-state index in [1.54, 1.807) is 6.07 Å². The first kappa shape index (κ1) is 16.7. The zero-order valence-electron chi connectivity index (χ0n) is 15.4. The third kappa shape index (κ3) is 2.85. The summed E-state index contributed by atoms with van der Waals surface area (Å²) in [5.41, 5.74) is 5.21. The van der Waals surface area contributed by atoms with Crippen molar-refractivity contribution in [1.82, 2.24) is 0 Å². The molecule has 1 heterocycles. The van der Waals surface area contributed by atoms with Crippen LogP contribution in [0.5, 0.6) is 5.75 Å². The lowest BCUT2D eigenvalue weighted by Crippen LogP contribution is -2.31. The SMILES string of the molecule is Cc1ccc([C@H]2Nc3ccccc3NC3=C2C(=O)CC(C)(C)C3)c(O)c1. The van der Waals surface area contributed by atoms with Crippen LogP contribution in [0.15, 0.2) is 53.7 Å². The summed E-state index contributed by atoms with van der Waals surface area (Å²) < 4.78 is 0. The number of allylic oxidation sites excluding steroid dienone is 1. The number of aryl methyl sites for hydroxylation is 1. The Kier molecular flexibility index (Phi) is 3.79. The molecule has 0 saturated carbocycles. The van der Waals surface area contributed by atoms with E-state index in [0.29, 0.717) is 6.42 Å². The van der Waals surface area contributed by atoms with Crippen LogP contribution in [-0.4, -0.2) is 10.9 Å². The molecule has 0 spiro atoms. The highest BCUT2D eigenvalue weighted by Crippen LogP contribution is 2.46. The topological polar surface area (TPSA) is 61.4 Å². The molecule has 0 amide bonds. The highest BCUT2D eigenvalue weighted by molar-refractivity contribution is 6.01. The lowest BCUT2D eigenvalue weighted by molar-refractivity contribution is -0.118. The molecule has 1 atom stereocenters. The zero-order chi connectivity index (χ0) is 18.5. The van der Waals surface area contributed by atoms with E-state index in [1.165, 1.54) is 0 Å². The maximum Gasteiger partial charge on any atom is 0.163 e. The summed E-state index contributed by atoms with van der Waals surface area (Å²) in [6.07, 6.45) is 1.31. The van der Waals surface area contributed by atoms with Crippen LogP contribution >= 0.6 is 0 Å². The van der Waals surface area contributed by atoms with Crippen molar-refractivity contribution in [3.05, 3.63) is 64.9 Å². The Morgan fingerprint density at radius 3 is 2.54 bits per heavy atom. The molecule has 4 nitrogen and oxygen atoms in total. The van der Waals surface area contributed by atoms with Gasteiger partial charge < -0.3 is 15.7 Å². The van der Waals surface area contributed by atoms with Gasteiger partial charge in [-0.3, -0.25) is 4.79 Å². The first-order chi connectivity index (χ1) is 12.3. The number of nitrogens with one attached hydrogen (secondary N) is 2. The van der Waals surface area contributed by atoms with E-state index in [4.69, 9.17) is 0 Å². The lowest BCUT2D eigenvalue weighted by Gasteiger charge is -2.34. The van der Waals surface area contributed by atoms with Crippen LogP contribution in [0.3, 0.4) is 0 Å². The van der Waals surface area contributed by atoms with E-state index in [9.17, 15) is 9.90 Å². The minimum absolute atomic E-state index is 0.0813. The maximum atomic E-state index is 13.1. The number of ketones is 1. The molecule has 0 bridgehead atoms. The fourth-order valence-electron chi connectivity index (χ4n) is 4.02. The van der Waals surface area contributed by atoms with Gasteiger partial charge in [-0.25, -0.2) is 0 Å². The number of phenols is 1. The van der Waals surface area contributed by atoms with Gasteiger partial charge in [0.25, 0.3) is 0 Å². The molecule has 4 heteroatoms. The Balaban J connectivity index is 1.91. The van der Waals surface area contributed by atoms with Gasteiger partial charge in [0.15, 0.2) is 5.78 Å². The van der Waals surface area contributed by atoms with Gasteiger partial charge in [-0.1, -0.05) is 38.1 Å². The van der Waals surface area contributed by atoms with Crippen molar-refractivity contribution in [2.75, 3.05) is 10.6 Å². The molecule has 2 aromatic carbocycles. The molecule has 2 aliphatic rings. The van der Waals surface area contributed by atoms with Crippen molar-refractivity contribution in [2.24, 2.45) is 5.41 Å². The molecule has 4 rings (SSSR count). The van der Waals surface area contributed by atoms with Gasteiger partial charge in [0, 0.05) is 23.3 Å². The van der Waals surface area contributed by atoms with Gasteiger partial charge >= 0.3 is 0 Å². The predicted octanol–water partition coefficient (Wildman–Crippen LogP) is 4.92. The van der Waals surface area contributed by atoms with Crippen LogP contribution < -0.4 is 10.6 Å². The van der Waals surface area contributed by atoms with Crippen molar-refractivity contribution in [2.45, 2.75) is 39.7 Å². The van der Waals surface area contributed by atoms with Gasteiger partial charge in [0.1, 0.15) is 5.75 Å². The molecule has 1 aliphatic heterocycles. The average Bonchev–Trinajstić information content (AvgIpc) is 2.69. The van der Waals surface area contributed by atoms with E-state index in [1.807, 2.05) is 43.3 Å². The summed E-state index contributed by atoms with van der Waals surface area (Å²) in [7, 11) is 0.